The number of pyridine rings is 1. The Labute approximate surface area is 240 Å². The van der Waals surface area contributed by atoms with Crippen LogP contribution in [0.25, 0.3) is 11.1 Å². The zero-order chi connectivity index (χ0) is 28.6. The molecule has 0 spiro atoms. The maximum Gasteiger partial charge on any atom is 0.308 e. The molecule has 1 fully saturated rings. The topological polar surface area (TPSA) is 60.9 Å². The Bertz CT molecular complexity index is 1440. The molecule has 1 aliphatic heterocycles. The van der Waals surface area contributed by atoms with Crippen LogP contribution in [-0.2, 0) is 22.7 Å². The summed E-state index contributed by atoms with van der Waals surface area (Å²) in [4.78, 5) is 18.6. The van der Waals surface area contributed by atoms with Crippen LogP contribution >= 0.6 is 0 Å². The second kappa shape index (κ2) is 13.3. The average molecular weight is 555 g/mol. The first-order valence-corrected chi connectivity index (χ1v) is 14.0. The van der Waals surface area contributed by atoms with E-state index >= 15 is 4.39 Å². The van der Waals surface area contributed by atoms with Gasteiger partial charge in [0.05, 0.1) is 18.7 Å². The van der Waals surface area contributed by atoms with E-state index in [2.05, 4.69) is 4.98 Å². The van der Waals surface area contributed by atoms with Gasteiger partial charge in [0, 0.05) is 24.7 Å². The summed E-state index contributed by atoms with van der Waals surface area (Å²) in [7, 11) is 1.42. The number of nitrogens with zero attached hydrogens (tertiary/aromatic N) is 2. The van der Waals surface area contributed by atoms with Crippen LogP contribution in [0, 0.1) is 17.7 Å². The molecule has 1 atom stereocenters. The summed E-state index contributed by atoms with van der Waals surface area (Å²) in [5, 5.41) is 0. The van der Waals surface area contributed by atoms with Gasteiger partial charge in [0.25, 0.3) is 0 Å². The van der Waals surface area contributed by atoms with Gasteiger partial charge in [-0.3, -0.25) is 4.79 Å². The van der Waals surface area contributed by atoms with Gasteiger partial charge in [-0.2, -0.15) is 4.98 Å². The van der Waals surface area contributed by atoms with E-state index in [1.165, 1.54) is 13.2 Å². The molecule has 0 amide bonds. The number of esters is 1. The lowest BCUT2D eigenvalue weighted by atomic mass is 9.85. The number of aromatic nitrogens is 1. The summed E-state index contributed by atoms with van der Waals surface area (Å²) in [5.74, 6) is 0.399. The van der Waals surface area contributed by atoms with E-state index < -0.39 is 0 Å². The molecule has 7 heteroatoms. The summed E-state index contributed by atoms with van der Waals surface area (Å²) in [6.45, 7) is 3.97. The number of carbonyl (C=O) groups is 1. The third kappa shape index (κ3) is 7.04. The number of ether oxygens (including phenoxy) is 3. The van der Waals surface area contributed by atoms with Gasteiger partial charge in [0.2, 0.25) is 11.8 Å². The second-order valence-electron chi connectivity index (χ2n) is 10.4. The van der Waals surface area contributed by atoms with E-state index in [-0.39, 0.29) is 23.6 Å². The number of rotatable bonds is 10. The van der Waals surface area contributed by atoms with Crippen LogP contribution in [0.15, 0.2) is 91.0 Å². The molecule has 1 unspecified atom stereocenters. The number of piperidine rings is 1. The van der Waals surface area contributed by atoms with Crippen molar-refractivity contribution in [2.45, 2.75) is 33.0 Å². The van der Waals surface area contributed by atoms with Crippen molar-refractivity contribution >= 4 is 11.7 Å². The first-order valence-electron chi connectivity index (χ1n) is 14.0. The molecule has 0 aliphatic carbocycles. The zero-order valence-corrected chi connectivity index (χ0v) is 23.5. The number of carbonyl (C=O) groups excluding carboxylic acids is 1. The SMILES string of the molecule is COC(=O)C(C)C1CCN(c2ccc(-c3ccc(OCc4ccccc4)nc3OCc3ccccc3)cc2F)CC1. The Balaban J connectivity index is 1.34. The van der Waals surface area contributed by atoms with Crippen LogP contribution in [-0.4, -0.2) is 31.2 Å². The molecule has 41 heavy (non-hydrogen) atoms. The third-order valence-electron chi connectivity index (χ3n) is 7.70. The lowest BCUT2D eigenvalue weighted by Gasteiger charge is -2.35. The summed E-state index contributed by atoms with van der Waals surface area (Å²) < 4.78 is 32.5. The highest BCUT2D eigenvalue weighted by molar-refractivity contribution is 5.73. The minimum Gasteiger partial charge on any atom is -0.473 e. The van der Waals surface area contributed by atoms with Crippen LogP contribution in [0.5, 0.6) is 11.8 Å². The van der Waals surface area contributed by atoms with Crippen LogP contribution in [0.2, 0.25) is 0 Å². The van der Waals surface area contributed by atoms with Gasteiger partial charge in [-0.15, -0.1) is 0 Å². The predicted octanol–water partition coefficient (Wildman–Crippen LogP) is 7.07. The maximum atomic E-state index is 15.5. The largest absolute Gasteiger partial charge is 0.473 e. The van der Waals surface area contributed by atoms with E-state index in [0.29, 0.717) is 54.9 Å². The highest BCUT2D eigenvalue weighted by Crippen LogP contribution is 2.35. The summed E-state index contributed by atoms with van der Waals surface area (Å²) in [6, 6.07) is 28.6. The number of hydrogen-bond donors (Lipinski definition) is 0. The smallest absolute Gasteiger partial charge is 0.308 e. The van der Waals surface area contributed by atoms with E-state index in [9.17, 15) is 4.79 Å². The zero-order valence-electron chi connectivity index (χ0n) is 23.5. The first-order chi connectivity index (χ1) is 20.0. The fraction of sp³-hybridized carbons (Fsp3) is 0.294. The molecule has 1 aromatic heterocycles. The molecule has 0 radical (unpaired) electrons. The first kappa shape index (κ1) is 28.1. The van der Waals surface area contributed by atoms with Gasteiger partial charge in [-0.25, -0.2) is 4.39 Å². The van der Waals surface area contributed by atoms with Gasteiger partial charge in [-0.1, -0.05) is 73.7 Å². The second-order valence-corrected chi connectivity index (χ2v) is 10.4. The molecule has 4 aromatic rings. The average Bonchev–Trinajstić information content (AvgIpc) is 3.03. The molecule has 0 N–H and O–H groups in total. The van der Waals surface area contributed by atoms with Crippen LogP contribution in [0.4, 0.5) is 10.1 Å². The van der Waals surface area contributed by atoms with Gasteiger partial charge >= 0.3 is 5.97 Å². The van der Waals surface area contributed by atoms with Crippen molar-refractivity contribution < 1.29 is 23.4 Å². The van der Waals surface area contributed by atoms with Gasteiger partial charge in [-0.05, 0) is 53.6 Å². The Morgan fingerprint density at radius 2 is 1.54 bits per heavy atom. The van der Waals surface area contributed by atoms with Gasteiger partial charge < -0.3 is 19.1 Å². The van der Waals surface area contributed by atoms with Crippen molar-refractivity contribution in [2.24, 2.45) is 11.8 Å². The molecular formula is C34H35FN2O4. The number of anilines is 1. The quantitative estimate of drug-likeness (QED) is 0.195. The van der Waals surface area contributed by atoms with Crippen LogP contribution in [0.3, 0.4) is 0 Å². The minimum atomic E-state index is -0.305. The van der Waals surface area contributed by atoms with Crippen molar-refractivity contribution in [2.75, 3.05) is 25.1 Å². The number of halogens is 1. The summed E-state index contributed by atoms with van der Waals surface area (Å²) >= 11 is 0. The van der Waals surface area contributed by atoms with Crippen molar-refractivity contribution in [3.05, 3.63) is 108 Å². The van der Waals surface area contributed by atoms with E-state index in [0.717, 1.165) is 24.0 Å². The molecule has 3 aromatic carbocycles. The fourth-order valence-corrected chi connectivity index (χ4v) is 5.24. The van der Waals surface area contributed by atoms with Gasteiger partial charge in [0.15, 0.2) is 0 Å². The van der Waals surface area contributed by atoms with Crippen LogP contribution < -0.4 is 14.4 Å². The summed E-state index contributed by atoms with van der Waals surface area (Å²) in [6.07, 6.45) is 1.62. The Morgan fingerprint density at radius 1 is 0.902 bits per heavy atom. The molecule has 0 bridgehead atoms. The summed E-state index contributed by atoms with van der Waals surface area (Å²) in [5.41, 5.74) is 3.95. The monoisotopic (exact) mass is 554 g/mol. The van der Waals surface area contributed by atoms with Crippen LogP contribution in [0.1, 0.15) is 30.9 Å². The Morgan fingerprint density at radius 3 is 2.15 bits per heavy atom. The van der Waals surface area contributed by atoms with Crippen molar-refractivity contribution in [3.8, 4) is 22.9 Å². The Kier molecular flexibility index (Phi) is 9.14. The van der Waals surface area contributed by atoms with Crippen molar-refractivity contribution in [1.29, 1.82) is 0 Å². The van der Waals surface area contributed by atoms with E-state index in [4.69, 9.17) is 14.2 Å². The molecule has 212 valence electrons. The van der Waals surface area contributed by atoms with Gasteiger partial charge in [0.1, 0.15) is 19.0 Å². The molecule has 1 aliphatic rings. The maximum absolute atomic E-state index is 15.5. The number of benzene rings is 3. The highest BCUT2D eigenvalue weighted by atomic mass is 19.1. The third-order valence-corrected chi connectivity index (χ3v) is 7.70. The fourth-order valence-electron chi connectivity index (χ4n) is 5.24. The number of hydrogen-bond acceptors (Lipinski definition) is 6. The molecular weight excluding hydrogens is 519 g/mol. The highest BCUT2D eigenvalue weighted by Gasteiger charge is 2.29. The normalized spacial score (nSPS) is 14.4. The minimum absolute atomic E-state index is 0.157. The van der Waals surface area contributed by atoms with E-state index in [1.54, 1.807) is 6.07 Å². The molecule has 1 saturated heterocycles. The van der Waals surface area contributed by atoms with E-state index in [1.807, 2.05) is 90.7 Å². The molecule has 0 saturated carbocycles. The van der Waals surface area contributed by atoms with Crippen molar-refractivity contribution in [3.63, 3.8) is 0 Å². The van der Waals surface area contributed by atoms with Crippen molar-refractivity contribution in [1.82, 2.24) is 4.98 Å². The lowest BCUT2D eigenvalue weighted by Crippen LogP contribution is -2.38. The standard InChI is InChI=1S/C34H35FN2O4/c1-24(34(38)39-2)27-17-19-37(20-18-27)31-15-13-28(21-30(31)35)29-14-16-32(40-22-25-9-5-3-6-10-25)36-33(29)41-23-26-11-7-4-8-12-26/h3-16,21,24,27H,17-20,22-23H2,1-2H3. The molecule has 2 heterocycles. The molecule has 6 nitrogen and oxygen atoms in total. The Hall–Kier alpha value is -4.39. The number of methoxy groups -OCH3 is 1. The lowest BCUT2D eigenvalue weighted by molar-refractivity contribution is -0.147. The molecule has 5 rings (SSSR count). The predicted molar refractivity (Wildman–Crippen MR) is 157 cm³/mol.